The molecule has 0 aromatic carbocycles. The SMILES string of the molecule is CC.CC1C(C(F)(F)F)C(C(F)(F)F)C(C)[C@@H](C)C1C(F)(F)F.CC1C(F)C(F)C(F)[C@@H](C)C1F.CC1[C@H]2CC[C@@H]1C2(C)C(F)(F)F.CCC1(C(F)(F)F)CCCC1.C[C@H]1C(F)(F)C(C)(F)C(F)(F)C(F)(F)C1(F)F. The molecule has 0 nitrogen and oxygen atoms in total. The molecule has 7 aliphatic carbocycles. The first kappa shape index (κ1) is 71.1. The molecule has 2 bridgehead atoms. The highest BCUT2D eigenvalue weighted by Crippen LogP contribution is 2.71. The predicted octanol–water partition coefficient (Wildman–Crippen LogP) is 19.8. The first-order chi connectivity index (χ1) is 33.1. The third-order valence-electron chi connectivity index (χ3n) is 17.4. The van der Waals surface area contributed by atoms with Crippen molar-refractivity contribution in [2.24, 2.45) is 81.8 Å². The zero-order valence-corrected chi connectivity index (χ0v) is 42.8. The maximum Gasteiger partial charge on any atom is 0.394 e. The average molecular weight is 1160 g/mol. The molecule has 18 atom stereocenters. The van der Waals surface area contributed by atoms with E-state index in [0.717, 1.165) is 39.5 Å². The molecule has 0 amide bonds. The number of alkyl halides is 28. The number of hydrogen-bond donors (Lipinski definition) is 0. The Hall–Kier alpha value is -1.96. The Morgan fingerprint density at radius 3 is 1.00 bits per heavy atom. The molecule has 0 N–H and O–H groups in total. The van der Waals surface area contributed by atoms with Crippen LogP contribution in [0, 0.1) is 81.8 Å². The fourth-order valence-corrected chi connectivity index (χ4v) is 12.1. The first-order valence-corrected chi connectivity index (χ1v) is 24.2. The van der Waals surface area contributed by atoms with Gasteiger partial charge in [-0.3, -0.25) is 0 Å². The second-order valence-corrected chi connectivity index (χ2v) is 21.2. The van der Waals surface area contributed by atoms with Gasteiger partial charge in [-0.1, -0.05) is 89.0 Å². The van der Waals surface area contributed by atoms with Crippen molar-refractivity contribution in [1.29, 1.82) is 0 Å². The second kappa shape index (κ2) is 23.3. The molecule has 0 aliphatic heterocycles. The molecule has 450 valence electrons. The lowest BCUT2D eigenvalue weighted by Crippen LogP contribution is -2.77. The van der Waals surface area contributed by atoms with Crippen LogP contribution in [0.3, 0.4) is 0 Å². The molecule has 13 unspecified atom stereocenters. The molecule has 0 radical (unpaired) electrons. The van der Waals surface area contributed by atoms with Crippen molar-refractivity contribution in [3.05, 3.63) is 0 Å². The minimum Gasteiger partial charge on any atom is -0.247 e. The molecule has 0 aromatic heterocycles. The molecule has 0 heterocycles. The number of fused-ring (bicyclic) bond motifs is 1. The van der Waals surface area contributed by atoms with Crippen LogP contribution in [0.4, 0.5) is 123 Å². The fraction of sp³-hybridized carbons (Fsp3) is 1.00. The number of halogens is 28. The molecule has 75 heavy (non-hydrogen) atoms. The predicted molar refractivity (Wildman–Crippen MR) is 221 cm³/mol. The maximum atomic E-state index is 13.2. The van der Waals surface area contributed by atoms with Gasteiger partial charge >= 0.3 is 48.6 Å². The molecule has 7 aliphatic rings. The summed E-state index contributed by atoms with van der Waals surface area (Å²) in [4.78, 5) is 0. The van der Waals surface area contributed by atoms with Crippen LogP contribution in [0.2, 0.25) is 0 Å². The van der Waals surface area contributed by atoms with Crippen molar-refractivity contribution in [2.75, 3.05) is 0 Å². The van der Waals surface area contributed by atoms with Crippen molar-refractivity contribution in [1.82, 2.24) is 0 Å². The molecule has 0 spiro atoms. The summed E-state index contributed by atoms with van der Waals surface area (Å²) >= 11 is 0. The number of hydrogen-bond acceptors (Lipinski definition) is 0. The summed E-state index contributed by atoms with van der Waals surface area (Å²) in [5.41, 5.74) is -7.73. The standard InChI is InChI=1S/C12H15F9.C9H13F3.C8H7F9.C8H12F4.C8H13F3.C2H6/c1-4-5(2)8(11(16,17)18)9(12(19,20)21)6(3)7(4)10(13,14)15;1-5-6-3-4-7(5)8(6,2)9(10,11)12;1-3-5(10,11)4(2,9)7(14,15)8(16,17)6(3,12)13;1-3-5(9)4(2)7(11)8(12)6(3)10;1-2-7(8(9,10)11)5-3-4-6-7;1-2/h4-9H,1-3H3;5-7H,3-4H2,1-2H3;3H,1-2H3;3-8H,1-2H3;2-6H2,1H3;1-2H3/t4-,5?,6?,7?,8?,9?;5?,6-,7+,8?;3-,4?;3-,4?,5?,6?,7?,8?;;/m1.00../s1. The van der Waals surface area contributed by atoms with Crippen LogP contribution < -0.4 is 0 Å². The van der Waals surface area contributed by atoms with Gasteiger partial charge in [-0.05, 0) is 74.5 Å². The second-order valence-electron chi connectivity index (χ2n) is 21.2. The molecular formula is C47H66F28. The minimum atomic E-state index is -6.19. The van der Waals surface area contributed by atoms with Gasteiger partial charge in [-0.25, -0.2) is 30.7 Å². The van der Waals surface area contributed by atoms with Gasteiger partial charge in [-0.15, -0.1) is 0 Å². The molecule has 28 heteroatoms. The summed E-state index contributed by atoms with van der Waals surface area (Å²) in [6, 6.07) is 0. The quantitative estimate of drug-likeness (QED) is 0.230. The molecular weight excluding hydrogens is 1100 g/mol. The highest BCUT2D eigenvalue weighted by atomic mass is 19.4. The van der Waals surface area contributed by atoms with Gasteiger partial charge in [0.15, 0.2) is 6.17 Å². The average Bonchev–Trinajstić information content (AvgIpc) is 4.02. The van der Waals surface area contributed by atoms with Crippen molar-refractivity contribution in [3.8, 4) is 0 Å². The molecule has 7 saturated carbocycles. The Kier molecular flexibility index (Phi) is 22.0. The van der Waals surface area contributed by atoms with Gasteiger partial charge in [0, 0.05) is 11.8 Å². The van der Waals surface area contributed by atoms with E-state index in [1.807, 2.05) is 20.8 Å². The van der Waals surface area contributed by atoms with E-state index in [9.17, 15) is 123 Å². The molecule has 0 saturated heterocycles. The summed E-state index contributed by atoms with van der Waals surface area (Å²) < 4.78 is 359. The van der Waals surface area contributed by atoms with Gasteiger partial charge in [-0.2, -0.15) is 92.2 Å². The topological polar surface area (TPSA) is 0 Å². The summed E-state index contributed by atoms with van der Waals surface area (Å²) in [6.45, 7) is 13.3. The summed E-state index contributed by atoms with van der Waals surface area (Å²) in [5, 5.41) is 0. The highest BCUT2D eigenvalue weighted by Gasteiger charge is 2.91. The zero-order valence-electron chi connectivity index (χ0n) is 42.8. The lowest BCUT2D eigenvalue weighted by molar-refractivity contribution is -0.431. The lowest BCUT2D eigenvalue weighted by atomic mass is 9.53. The van der Waals surface area contributed by atoms with Gasteiger partial charge in [0.05, 0.1) is 34.5 Å². The normalized spacial score (nSPS) is 41.4. The van der Waals surface area contributed by atoms with E-state index in [1.54, 1.807) is 6.92 Å². The van der Waals surface area contributed by atoms with E-state index < -0.39 is 156 Å². The Morgan fingerprint density at radius 1 is 0.400 bits per heavy atom. The molecule has 7 fully saturated rings. The smallest absolute Gasteiger partial charge is 0.247 e. The Morgan fingerprint density at radius 2 is 0.733 bits per heavy atom. The van der Waals surface area contributed by atoms with Crippen LogP contribution in [-0.4, -0.2) is 84.9 Å². The maximum absolute atomic E-state index is 13.2. The monoisotopic (exact) mass is 1160 g/mol. The van der Waals surface area contributed by atoms with Crippen LogP contribution in [0.15, 0.2) is 0 Å². The van der Waals surface area contributed by atoms with E-state index >= 15 is 0 Å². The zero-order chi connectivity index (χ0) is 60.2. The summed E-state index contributed by atoms with van der Waals surface area (Å²) in [6.07, 6.45) is -27.2. The third-order valence-corrected chi connectivity index (χ3v) is 17.4. The van der Waals surface area contributed by atoms with Gasteiger partial charge < -0.3 is 0 Å². The largest absolute Gasteiger partial charge is 0.394 e. The van der Waals surface area contributed by atoms with E-state index in [-0.39, 0.29) is 25.2 Å². The Balaban J connectivity index is 0.000000474. The van der Waals surface area contributed by atoms with Crippen molar-refractivity contribution in [3.63, 3.8) is 0 Å². The Bertz CT molecular complexity index is 1670. The van der Waals surface area contributed by atoms with Crippen LogP contribution in [-0.2, 0) is 0 Å². The van der Waals surface area contributed by atoms with E-state index in [0.29, 0.717) is 25.7 Å². The third kappa shape index (κ3) is 12.7. The number of rotatable bonds is 1. The van der Waals surface area contributed by atoms with Crippen LogP contribution in [0.1, 0.15) is 128 Å². The first-order valence-electron chi connectivity index (χ1n) is 24.2. The van der Waals surface area contributed by atoms with Crippen LogP contribution >= 0.6 is 0 Å². The molecule has 7 rings (SSSR count). The van der Waals surface area contributed by atoms with E-state index in [1.165, 1.54) is 20.8 Å². The van der Waals surface area contributed by atoms with Crippen molar-refractivity contribution in [2.45, 2.75) is 213 Å². The summed E-state index contributed by atoms with van der Waals surface area (Å²) in [5.74, 6) is -42.6. The van der Waals surface area contributed by atoms with E-state index in [2.05, 4.69) is 0 Å². The van der Waals surface area contributed by atoms with Gasteiger partial charge in [0.1, 0.15) is 18.5 Å². The summed E-state index contributed by atoms with van der Waals surface area (Å²) in [7, 11) is 0. The van der Waals surface area contributed by atoms with Crippen LogP contribution in [0.25, 0.3) is 0 Å². The van der Waals surface area contributed by atoms with Gasteiger partial charge in [0.2, 0.25) is 5.67 Å². The van der Waals surface area contributed by atoms with E-state index in [4.69, 9.17) is 0 Å². The van der Waals surface area contributed by atoms with Crippen LogP contribution in [0.5, 0.6) is 0 Å². The highest BCUT2D eigenvalue weighted by molar-refractivity contribution is 5.20. The lowest BCUT2D eigenvalue weighted by Gasteiger charge is -2.53. The van der Waals surface area contributed by atoms with Crippen molar-refractivity contribution >= 4 is 0 Å². The minimum absolute atomic E-state index is 0.0949. The van der Waals surface area contributed by atoms with Gasteiger partial charge in [0.25, 0.3) is 5.92 Å². The Labute approximate surface area is 417 Å². The van der Waals surface area contributed by atoms with Crippen molar-refractivity contribution < 1.29 is 123 Å². The fourth-order valence-electron chi connectivity index (χ4n) is 12.1. The molecule has 0 aromatic rings.